The Kier molecular flexibility index (Phi) is 2.64. The molecule has 0 aliphatic carbocycles. The van der Waals surface area contributed by atoms with Crippen molar-refractivity contribution in [2.24, 2.45) is 5.73 Å². The van der Waals surface area contributed by atoms with Crippen molar-refractivity contribution in [3.8, 4) is 0 Å². The zero-order valence-corrected chi connectivity index (χ0v) is 7.29. The van der Waals surface area contributed by atoms with E-state index in [1.165, 1.54) is 0 Å². The average molecular weight is 177 g/mol. The van der Waals surface area contributed by atoms with Crippen molar-refractivity contribution in [3.05, 3.63) is 35.4 Å². The van der Waals surface area contributed by atoms with Gasteiger partial charge in [-0.25, -0.2) is 0 Å². The molecule has 0 aromatic heterocycles. The number of amides is 1. The topological polar surface area (TPSA) is 79.0 Å². The fourth-order valence-electron chi connectivity index (χ4n) is 0.972. The molecule has 0 saturated carbocycles. The van der Waals surface area contributed by atoms with Gasteiger partial charge in [0.1, 0.15) is 5.84 Å². The normalized spacial score (nSPS) is 9.31. The first-order chi connectivity index (χ1) is 6.15. The number of hydrogen-bond acceptors (Lipinski definition) is 2. The molecule has 0 atom stereocenters. The fourth-order valence-corrected chi connectivity index (χ4v) is 0.972. The van der Waals surface area contributed by atoms with Gasteiger partial charge in [-0.2, -0.15) is 0 Å². The van der Waals surface area contributed by atoms with Gasteiger partial charge in [-0.05, 0) is 12.1 Å². The quantitative estimate of drug-likeness (QED) is 0.449. The number of rotatable bonds is 2. The van der Waals surface area contributed by atoms with E-state index in [2.05, 4.69) is 5.32 Å². The standard InChI is InChI=1S/C9H11N3O/c1-12-9(13)7-4-2-3-6(5-7)8(10)11/h2-5H,1H3,(H3,10,11)(H,12,13). The molecule has 1 aromatic rings. The number of carbonyl (C=O) groups excluding carboxylic acids is 1. The van der Waals surface area contributed by atoms with Gasteiger partial charge in [0.15, 0.2) is 0 Å². The molecule has 0 radical (unpaired) electrons. The minimum Gasteiger partial charge on any atom is -0.384 e. The van der Waals surface area contributed by atoms with Crippen molar-refractivity contribution in [2.45, 2.75) is 0 Å². The highest BCUT2D eigenvalue weighted by Gasteiger charge is 2.04. The molecule has 4 heteroatoms. The molecule has 0 aliphatic rings. The first-order valence-electron chi connectivity index (χ1n) is 3.81. The molecule has 0 saturated heterocycles. The van der Waals surface area contributed by atoms with Crippen LogP contribution in [-0.4, -0.2) is 18.8 Å². The van der Waals surface area contributed by atoms with Gasteiger partial charge in [-0.1, -0.05) is 12.1 Å². The smallest absolute Gasteiger partial charge is 0.251 e. The van der Waals surface area contributed by atoms with Crippen LogP contribution >= 0.6 is 0 Å². The first kappa shape index (κ1) is 9.25. The summed E-state index contributed by atoms with van der Waals surface area (Å²) in [6, 6.07) is 6.64. The number of benzene rings is 1. The number of nitrogens with one attached hydrogen (secondary N) is 2. The number of nitrogen functional groups attached to an aromatic ring is 1. The van der Waals surface area contributed by atoms with Crippen molar-refractivity contribution >= 4 is 11.7 Å². The second kappa shape index (κ2) is 3.71. The lowest BCUT2D eigenvalue weighted by molar-refractivity contribution is 0.0963. The molecular formula is C9H11N3O. The summed E-state index contributed by atoms with van der Waals surface area (Å²) in [5.41, 5.74) is 6.34. The highest BCUT2D eigenvalue weighted by atomic mass is 16.1. The third-order valence-electron chi connectivity index (χ3n) is 1.66. The van der Waals surface area contributed by atoms with Crippen LogP contribution in [0.1, 0.15) is 15.9 Å². The van der Waals surface area contributed by atoms with E-state index in [1.54, 1.807) is 31.3 Å². The van der Waals surface area contributed by atoms with Crippen molar-refractivity contribution in [3.63, 3.8) is 0 Å². The van der Waals surface area contributed by atoms with Crippen LogP contribution in [0.5, 0.6) is 0 Å². The molecule has 4 N–H and O–H groups in total. The van der Waals surface area contributed by atoms with Crippen LogP contribution < -0.4 is 11.1 Å². The molecule has 1 aromatic carbocycles. The van der Waals surface area contributed by atoms with Gasteiger partial charge in [-0.15, -0.1) is 0 Å². The third-order valence-corrected chi connectivity index (χ3v) is 1.66. The third kappa shape index (κ3) is 2.05. The van der Waals surface area contributed by atoms with Crippen LogP contribution in [-0.2, 0) is 0 Å². The van der Waals surface area contributed by atoms with E-state index in [0.717, 1.165) is 0 Å². The molecule has 1 amide bonds. The molecule has 0 bridgehead atoms. The molecule has 13 heavy (non-hydrogen) atoms. The molecule has 4 nitrogen and oxygen atoms in total. The summed E-state index contributed by atoms with van der Waals surface area (Å²) in [4.78, 5) is 11.2. The highest BCUT2D eigenvalue weighted by molar-refractivity contribution is 5.99. The highest BCUT2D eigenvalue weighted by Crippen LogP contribution is 2.03. The summed E-state index contributed by atoms with van der Waals surface area (Å²) >= 11 is 0. The summed E-state index contributed by atoms with van der Waals surface area (Å²) in [5, 5.41) is 9.67. The molecule has 0 spiro atoms. The number of nitrogens with two attached hydrogens (primary N) is 1. The zero-order chi connectivity index (χ0) is 9.84. The molecular weight excluding hydrogens is 166 g/mol. The second-order valence-electron chi connectivity index (χ2n) is 2.57. The second-order valence-corrected chi connectivity index (χ2v) is 2.57. The van der Waals surface area contributed by atoms with Crippen LogP contribution in [0, 0.1) is 5.41 Å². The molecule has 68 valence electrons. The summed E-state index contributed by atoms with van der Waals surface area (Å²) in [6.07, 6.45) is 0. The molecule has 1 rings (SSSR count). The van der Waals surface area contributed by atoms with Crippen LogP contribution in [0.4, 0.5) is 0 Å². The predicted molar refractivity (Wildman–Crippen MR) is 50.8 cm³/mol. The summed E-state index contributed by atoms with van der Waals surface area (Å²) in [7, 11) is 1.56. The van der Waals surface area contributed by atoms with E-state index in [-0.39, 0.29) is 11.7 Å². The Morgan fingerprint density at radius 2 is 2.08 bits per heavy atom. The predicted octanol–water partition coefficient (Wildman–Crippen LogP) is 0.330. The molecule has 0 fully saturated rings. The SMILES string of the molecule is CNC(=O)c1cccc(C(=N)N)c1. The first-order valence-corrected chi connectivity index (χ1v) is 3.81. The minimum atomic E-state index is -0.178. The van der Waals surface area contributed by atoms with Gasteiger partial charge in [0.2, 0.25) is 0 Å². The Bertz CT molecular complexity index is 346. The van der Waals surface area contributed by atoms with E-state index in [4.69, 9.17) is 11.1 Å². The van der Waals surface area contributed by atoms with E-state index >= 15 is 0 Å². The van der Waals surface area contributed by atoms with Crippen molar-refractivity contribution < 1.29 is 4.79 Å². The molecule has 0 heterocycles. The number of amidine groups is 1. The summed E-state index contributed by atoms with van der Waals surface area (Å²) in [5.74, 6) is -0.214. The van der Waals surface area contributed by atoms with Gasteiger partial charge >= 0.3 is 0 Å². The molecule has 0 unspecified atom stereocenters. The zero-order valence-electron chi connectivity index (χ0n) is 7.29. The maximum Gasteiger partial charge on any atom is 0.251 e. The van der Waals surface area contributed by atoms with E-state index in [9.17, 15) is 4.79 Å². The lowest BCUT2D eigenvalue weighted by atomic mass is 10.1. The largest absolute Gasteiger partial charge is 0.384 e. The van der Waals surface area contributed by atoms with Crippen molar-refractivity contribution in [1.82, 2.24) is 5.32 Å². The monoisotopic (exact) mass is 177 g/mol. The Hall–Kier alpha value is -1.84. The van der Waals surface area contributed by atoms with Crippen molar-refractivity contribution in [1.29, 1.82) is 5.41 Å². The van der Waals surface area contributed by atoms with Crippen molar-refractivity contribution in [2.75, 3.05) is 7.05 Å². The van der Waals surface area contributed by atoms with E-state index in [1.807, 2.05) is 0 Å². The van der Waals surface area contributed by atoms with Crippen LogP contribution in [0.3, 0.4) is 0 Å². The maximum atomic E-state index is 11.2. The van der Waals surface area contributed by atoms with Gasteiger partial charge in [0.05, 0.1) is 0 Å². The molecule has 0 aliphatic heterocycles. The van der Waals surface area contributed by atoms with Crippen LogP contribution in [0.25, 0.3) is 0 Å². The Balaban J connectivity index is 3.05. The van der Waals surface area contributed by atoms with E-state index < -0.39 is 0 Å². The van der Waals surface area contributed by atoms with Gasteiger partial charge in [0.25, 0.3) is 5.91 Å². The number of carbonyl (C=O) groups is 1. The van der Waals surface area contributed by atoms with Crippen LogP contribution in [0.15, 0.2) is 24.3 Å². The van der Waals surface area contributed by atoms with Crippen LogP contribution in [0.2, 0.25) is 0 Å². The lowest BCUT2D eigenvalue weighted by Gasteiger charge is -2.01. The summed E-state index contributed by atoms with van der Waals surface area (Å²) < 4.78 is 0. The van der Waals surface area contributed by atoms with E-state index in [0.29, 0.717) is 11.1 Å². The Labute approximate surface area is 76.3 Å². The fraction of sp³-hybridized carbons (Fsp3) is 0.111. The van der Waals surface area contributed by atoms with Gasteiger partial charge in [0, 0.05) is 18.2 Å². The lowest BCUT2D eigenvalue weighted by Crippen LogP contribution is -2.19. The van der Waals surface area contributed by atoms with Gasteiger partial charge in [-0.3, -0.25) is 10.2 Å². The number of hydrogen-bond donors (Lipinski definition) is 3. The summed E-state index contributed by atoms with van der Waals surface area (Å²) in [6.45, 7) is 0. The average Bonchev–Trinajstić information content (AvgIpc) is 2.17. The minimum absolute atomic E-state index is 0.0363. The maximum absolute atomic E-state index is 11.2. The van der Waals surface area contributed by atoms with Gasteiger partial charge < -0.3 is 11.1 Å². The Morgan fingerprint density at radius 1 is 1.46 bits per heavy atom. The Morgan fingerprint density at radius 3 is 2.62 bits per heavy atom.